The summed E-state index contributed by atoms with van der Waals surface area (Å²) < 4.78 is 41.9. The Labute approximate surface area is 512 Å². The van der Waals surface area contributed by atoms with E-state index >= 15 is 0 Å². The summed E-state index contributed by atoms with van der Waals surface area (Å²) in [6.45, 7) is 35.2. The Morgan fingerprint density at radius 2 is 0.736 bits per heavy atom. The Balaban J connectivity index is 0.000000318. The Hall–Kier alpha value is -9.30. The summed E-state index contributed by atoms with van der Waals surface area (Å²) in [6.07, 6.45) is 4.78. The molecule has 0 aliphatic rings. The van der Waals surface area contributed by atoms with Gasteiger partial charge in [0.05, 0.1) is 6.61 Å². The second kappa shape index (κ2) is 31.7. The van der Waals surface area contributed by atoms with Crippen LogP contribution in [0.5, 0.6) is 23.0 Å². The van der Waals surface area contributed by atoms with Crippen LogP contribution in [-0.4, -0.2) is 68.0 Å². The monoisotopic (exact) mass is 1180 g/mol. The molecule has 6 rings (SSSR count). The topological polar surface area (TPSA) is 176 Å². The van der Waals surface area contributed by atoms with E-state index in [2.05, 4.69) is 153 Å². The molecule has 0 amide bonds. The molecule has 0 spiro atoms. The fourth-order valence-corrected chi connectivity index (χ4v) is 9.27. The lowest BCUT2D eigenvalue weighted by molar-refractivity contribution is -0.144. The van der Waals surface area contributed by atoms with E-state index in [0.717, 1.165) is 64.1 Å². The molecule has 2 atom stereocenters. The van der Waals surface area contributed by atoms with Crippen LogP contribution in [0.3, 0.4) is 0 Å². The zero-order valence-electron chi connectivity index (χ0n) is 51.8. The van der Waals surface area contributed by atoms with Crippen molar-refractivity contribution in [2.24, 2.45) is 0 Å². The first-order chi connectivity index (χ1) is 41.2. The van der Waals surface area contributed by atoms with Gasteiger partial charge < -0.3 is 37.9 Å². The molecule has 6 aromatic carbocycles. The summed E-state index contributed by atoms with van der Waals surface area (Å²) in [7, 11) is 0. The van der Waals surface area contributed by atoms with Crippen LogP contribution in [0, 0.1) is 0 Å². The lowest BCUT2D eigenvalue weighted by atomic mass is 9.73. The SMILES string of the molecule is C=CC(=O)OC(C)COc1ccc(C(C)(C)c2cccc(C(C)(C)c3ccc(OCC(C)OC(=O)C=C)cc3)c2)cc1.C=CC(=O)OCCCCCC(=O)Oc1ccc(C(C)(C)c2cccc(C(C)(C)c3ccc(OC(=O)OC(=O)C=C)cc3)c2)cc1. The van der Waals surface area contributed by atoms with Crippen LogP contribution < -0.4 is 18.9 Å². The molecule has 0 aliphatic carbocycles. The predicted octanol–water partition coefficient (Wildman–Crippen LogP) is 15.1. The van der Waals surface area contributed by atoms with Crippen molar-refractivity contribution < 1.29 is 66.7 Å². The maximum absolute atomic E-state index is 12.3. The molecular weight excluding hydrogens is 1100 g/mol. The molecule has 458 valence electrons. The maximum Gasteiger partial charge on any atom is 0.521 e. The van der Waals surface area contributed by atoms with Crippen molar-refractivity contribution >= 4 is 36.0 Å². The number of esters is 5. The molecule has 0 fully saturated rings. The summed E-state index contributed by atoms with van der Waals surface area (Å²) in [5.41, 5.74) is 7.79. The Morgan fingerprint density at radius 1 is 0.402 bits per heavy atom. The van der Waals surface area contributed by atoms with Gasteiger partial charge in [-0.15, -0.1) is 0 Å². The number of rotatable bonds is 28. The minimum atomic E-state index is -1.12. The molecule has 0 bridgehead atoms. The third-order valence-corrected chi connectivity index (χ3v) is 15.1. The van der Waals surface area contributed by atoms with E-state index < -0.39 is 30.0 Å². The molecule has 0 aliphatic heterocycles. The van der Waals surface area contributed by atoms with Crippen LogP contribution in [0.15, 0.2) is 196 Å². The van der Waals surface area contributed by atoms with E-state index in [1.807, 2.05) is 66.7 Å². The number of ether oxygens (including phenoxy) is 8. The standard InChI is InChI=1S/C37H40O8.C36H42O6/c1-7-32(38)42-24-11-9-10-15-34(40)43-30-20-16-26(17-21-30)36(3,4)28-13-12-14-29(25-28)37(5,6)27-18-22-31(23-19-27)44-35(41)45-33(39)8-2;1-9-33(37)41-25(3)23-39-31-18-14-27(15-19-31)35(5,6)29-12-11-13-30(22-29)36(7,8)28-16-20-32(21-17-28)40-24-26(4)42-34(38)10-2/h7-8,12-14,16-23,25H,1-2,9-11,15,24H2,3-6H3;9-22,25-26H,1-2,23-24H2,3-8H3. The molecule has 0 saturated carbocycles. The van der Waals surface area contributed by atoms with Gasteiger partial charge in [0.2, 0.25) is 0 Å². The average molecular weight is 1180 g/mol. The molecule has 6 aromatic rings. The quantitative estimate of drug-likeness (QED) is 0.00862. The fourth-order valence-electron chi connectivity index (χ4n) is 9.27. The molecule has 2 unspecified atom stereocenters. The normalized spacial score (nSPS) is 12.0. The Kier molecular flexibility index (Phi) is 25.0. The highest BCUT2D eigenvalue weighted by Gasteiger charge is 2.30. The van der Waals surface area contributed by atoms with Crippen molar-refractivity contribution in [1.82, 2.24) is 0 Å². The third-order valence-electron chi connectivity index (χ3n) is 15.1. The zero-order valence-corrected chi connectivity index (χ0v) is 51.8. The van der Waals surface area contributed by atoms with Crippen LogP contribution in [-0.2, 0) is 64.6 Å². The van der Waals surface area contributed by atoms with Crippen molar-refractivity contribution in [2.45, 2.75) is 129 Å². The Morgan fingerprint density at radius 3 is 1.08 bits per heavy atom. The van der Waals surface area contributed by atoms with Gasteiger partial charge in [-0.1, -0.05) is 179 Å². The van der Waals surface area contributed by atoms with Crippen molar-refractivity contribution in [3.8, 4) is 23.0 Å². The van der Waals surface area contributed by atoms with Gasteiger partial charge in [0, 0.05) is 52.4 Å². The first-order valence-electron chi connectivity index (χ1n) is 28.8. The van der Waals surface area contributed by atoms with Gasteiger partial charge in [-0.05, 0) is 126 Å². The summed E-state index contributed by atoms with van der Waals surface area (Å²) in [6, 6.07) is 47.8. The van der Waals surface area contributed by atoms with Crippen LogP contribution in [0.25, 0.3) is 0 Å². The van der Waals surface area contributed by atoms with Crippen LogP contribution in [0.2, 0.25) is 0 Å². The van der Waals surface area contributed by atoms with E-state index in [-0.39, 0.29) is 65.2 Å². The smallest absolute Gasteiger partial charge is 0.490 e. The van der Waals surface area contributed by atoms with Gasteiger partial charge in [-0.2, -0.15) is 0 Å². The maximum atomic E-state index is 12.3. The molecular formula is C73H82O14. The van der Waals surface area contributed by atoms with Crippen LogP contribution >= 0.6 is 0 Å². The lowest BCUT2D eigenvalue weighted by Crippen LogP contribution is -2.23. The molecule has 14 nitrogen and oxygen atoms in total. The molecule has 14 heteroatoms. The van der Waals surface area contributed by atoms with Gasteiger partial charge in [0.25, 0.3) is 0 Å². The zero-order chi connectivity index (χ0) is 64.0. The van der Waals surface area contributed by atoms with Gasteiger partial charge >= 0.3 is 36.0 Å². The summed E-state index contributed by atoms with van der Waals surface area (Å²) in [5, 5.41) is 0. The molecule has 0 N–H and O–H groups in total. The summed E-state index contributed by atoms with van der Waals surface area (Å²) in [4.78, 5) is 69.0. The predicted molar refractivity (Wildman–Crippen MR) is 337 cm³/mol. The minimum Gasteiger partial charge on any atom is -0.490 e. The summed E-state index contributed by atoms with van der Waals surface area (Å²) >= 11 is 0. The second-order valence-corrected chi connectivity index (χ2v) is 22.9. The summed E-state index contributed by atoms with van der Waals surface area (Å²) in [5.74, 6) is -0.389. The van der Waals surface area contributed by atoms with Gasteiger partial charge in [0.1, 0.15) is 48.4 Å². The van der Waals surface area contributed by atoms with Gasteiger partial charge in [0.15, 0.2) is 0 Å². The first kappa shape index (κ1) is 68.5. The van der Waals surface area contributed by atoms with E-state index in [1.54, 1.807) is 26.0 Å². The van der Waals surface area contributed by atoms with Crippen molar-refractivity contribution in [2.75, 3.05) is 19.8 Å². The van der Waals surface area contributed by atoms with E-state index in [4.69, 9.17) is 33.2 Å². The van der Waals surface area contributed by atoms with Crippen LogP contribution in [0.4, 0.5) is 4.79 Å². The minimum absolute atomic E-state index is 0.249. The number of carbonyl (C=O) groups is 6. The molecule has 87 heavy (non-hydrogen) atoms. The first-order valence-corrected chi connectivity index (χ1v) is 28.8. The second-order valence-electron chi connectivity index (χ2n) is 22.9. The number of benzene rings is 6. The van der Waals surface area contributed by atoms with E-state index in [1.165, 1.54) is 11.1 Å². The van der Waals surface area contributed by atoms with Gasteiger partial charge in [-0.25, -0.2) is 24.0 Å². The van der Waals surface area contributed by atoms with E-state index in [0.29, 0.717) is 36.7 Å². The average Bonchev–Trinajstić information content (AvgIpc) is 1.80. The Bertz CT molecular complexity index is 3230. The third kappa shape index (κ3) is 20.2. The fraction of sp³-hybridized carbons (Fsp3) is 0.315. The number of carbonyl (C=O) groups excluding carboxylic acids is 6. The lowest BCUT2D eigenvalue weighted by Gasteiger charge is -2.31. The van der Waals surface area contributed by atoms with Crippen LogP contribution in [0.1, 0.15) is 139 Å². The number of hydrogen-bond acceptors (Lipinski definition) is 14. The molecule has 0 aromatic heterocycles. The van der Waals surface area contributed by atoms with Crippen molar-refractivity contribution in [3.63, 3.8) is 0 Å². The number of unbranched alkanes of at least 4 members (excludes halogenated alkanes) is 2. The number of hydrogen-bond donors (Lipinski definition) is 0. The molecule has 0 radical (unpaired) electrons. The van der Waals surface area contributed by atoms with E-state index in [9.17, 15) is 28.8 Å². The highest BCUT2D eigenvalue weighted by atomic mass is 16.7. The van der Waals surface area contributed by atoms with Gasteiger partial charge in [-0.3, -0.25) is 4.79 Å². The molecule has 0 heterocycles. The van der Waals surface area contributed by atoms with Crippen molar-refractivity contribution in [3.05, 3.63) is 241 Å². The highest BCUT2D eigenvalue weighted by molar-refractivity contribution is 5.90. The largest absolute Gasteiger partial charge is 0.521 e. The molecule has 0 saturated heterocycles. The van der Waals surface area contributed by atoms with Crippen molar-refractivity contribution in [1.29, 1.82) is 0 Å². The highest BCUT2D eigenvalue weighted by Crippen LogP contribution is 2.40.